The third-order valence-corrected chi connectivity index (χ3v) is 7.01. The predicted octanol–water partition coefficient (Wildman–Crippen LogP) is 6.44. The Morgan fingerprint density at radius 3 is 0.846 bits per heavy atom. The molecule has 3 rings (SSSR count). The number of nitrogens with zero attached hydrogens (tertiary/aromatic N) is 8. The van der Waals surface area contributed by atoms with E-state index in [9.17, 15) is 94.8 Å². The van der Waals surface area contributed by atoms with Crippen molar-refractivity contribution in [3.63, 3.8) is 0 Å². The lowest BCUT2D eigenvalue weighted by Gasteiger charge is -2.19. The minimum Gasteiger partial charge on any atom is -0.192 e. The zero-order valence-electron chi connectivity index (χ0n) is 24.4. The Labute approximate surface area is 280 Å². The molecule has 0 atom stereocenters. The van der Waals surface area contributed by atoms with E-state index >= 15 is 0 Å². The maximum Gasteiger partial charge on any atom is 0.419 e. The molecule has 3 aromatic rings. The monoisotopic (exact) mass is 728 g/mol. The molecule has 0 spiro atoms. The zero-order valence-corrected chi connectivity index (χ0v) is 24.4. The van der Waals surface area contributed by atoms with Crippen LogP contribution >= 0.6 is 0 Å². The van der Waals surface area contributed by atoms with Crippen LogP contribution in [0.25, 0.3) is 11.1 Å². The lowest BCUT2D eigenvalue weighted by Crippen LogP contribution is -2.25. The first-order chi connectivity index (χ1) is 24.0. The van der Waals surface area contributed by atoms with Crippen molar-refractivity contribution < 1.29 is 52.7 Å². The highest BCUT2D eigenvalue weighted by atomic mass is 19.4. The summed E-state index contributed by atoms with van der Waals surface area (Å²) in [5.74, 6) is 0. The van der Waals surface area contributed by atoms with Crippen molar-refractivity contribution in [1.82, 2.24) is 0 Å². The molecule has 0 aliphatic heterocycles. The van der Waals surface area contributed by atoms with Crippen molar-refractivity contribution in [2.75, 3.05) is 0 Å². The van der Waals surface area contributed by atoms with Gasteiger partial charge in [-0.25, -0.2) is 0 Å². The molecule has 0 fully saturated rings. The zero-order chi connectivity index (χ0) is 39.7. The lowest BCUT2D eigenvalue weighted by atomic mass is 9.86. The number of hydrogen-bond acceptors (Lipinski definition) is 8. The molecule has 0 amide bonds. The van der Waals surface area contributed by atoms with Crippen LogP contribution in [0.2, 0.25) is 0 Å². The Morgan fingerprint density at radius 1 is 0.385 bits per heavy atom. The van der Waals surface area contributed by atoms with Crippen molar-refractivity contribution in [3.05, 3.63) is 101 Å². The van der Waals surface area contributed by atoms with Crippen LogP contribution in [0, 0.1) is 90.6 Å². The summed E-state index contributed by atoms with van der Waals surface area (Å²) in [5.41, 5.74) is -25.0. The summed E-state index contributed by atoms with van der Waals surface area (Å²) in [5, 5.41) is 75.3. The standard InChI is InChI=1S/C32H4F12N8/c33-29(34,35)25-3-15(21(9-49)27(23(25)11-51)31(39,40)41)17(5-45)13-1-2-14(20(8-48)19(13)7-47)18(6-46)16-4-26(30(36,37)38)24(12-52)28(22(16)10-50)32(42,43)44/h1-4H/b17-13+,18-14+. The van der Waals surface area contributed by atoms with Gasteiger partial charge in [-0.1, -0.05) is 12.1 Å². The van der Waals surface area contributed by atoms with Crippen molar-refractivity contribution >= 4 is 11.1 Å². The molecule has 52 heavy (non-hydrogen) atoms. The summed E-state index contributed by atoms with van der Waals surface area (Å²) in [6, 6.07) is 8.81. The van der Waals surface area contributed by atoms with E-state index in [1.807, 2.05) is 0 Å². The van der Waals surface area contributed by atoms with E-state index in [4.69, 9.17) is 0 Å². The van der Waals surface area contributed by atoms with Gasteiger partial charge in [-0.2, -0.15) is 94.8 Å². The number of rotatable bonds is 2. The maximum absolute atomic E-state index is 14.0. The van der Waals surface area contributed by atoms with Gasteiger partial charge in [0.25, 0.3) is 0 Å². The highest BCUT2D eigenvalue weighted by Crippen LogP contribution is 2.45. The Morgan fingerprint density at radius 2 is 0.654 bits per heavy atom. The Kier molecular flexibility index (Phi) is 10.0. The highest BCUT2D eigenvalue weighted by molar-refractivity contribution is 5.86. The normalized spacial score (nSPS) is 12.7. The van der Waals surface area contributed by atoms with Crippen LogP contribution in [0.15, 0.2) is 24.3 Å². The van der Waals surface area contributed by atoms with E-state index < -0.39 is 113 Å². The molecule has 3 aromatic carbocycles. The van der Waals surface area contributed by atoms with Crippen molar-refractivity contribution in [1.29, 1.82) is 42.1 Å². The van der Waals surface area contributed by atoms with Crippen LogP contribution in [0.4, 0.5) is 52.7 Å². The fourth-order valence-electron chi connectivity index (χ4n) is 5.02. The third kappa shape index (κ3) is 6.57. The van der Waals surface area contributed by atoms with Crippen LogP contribution in [-0.4, -0.2) is 0 Å². The number of halogens is 12. The van der Waals surface area contributed by atoms with Crippen LogP contribution in [0.3, 0.4) is 0 Å². The Bertz CT molecular complexity index is 2370. The number of hydrogen-bond donors (Lipinski definition) is 0. The fourth-order valence-corrected chi connectivity index (χ4v) is 5.02. The van der Waals surface area contributed by atoms with Gasteiger partial charge < -0.3 is 0 Å². The average Bonchev–Trinajstić information content (AvgIpc) is 3.05. The van der Waals surface area contributed by atoms with Gasteiger partial charge in [0.05, 0.1) is 66.8 Å². The summed E-state index contributed by atoms with van der Waals surface area (Å²) < 4.78 is 168. The van der Waals surface area contributed by atoms with E-state index in [-0.39, 0.29) is 12.1 Å². The Hall–Kier alpha value is -7.52. The fraction of sp³-hybridized carbons (Fsp3) is 0.125. The van der Waals surface area contributed by atoms with E-state index in [0.717, 1.165) is 12.1 Å². The first kappa shape index (κ1) is 38.9. The summed E-state index contributed by atoms with van der Waals surface area (Å²) in [6.07, 6.45) is -23.1. The molecule has 256 valence electrons. The van der Waals surface area contributed by atoms with E-state index in [1.165, 1.54) is 24.3 Å². The molecule has 0 saturated heterocycles. The molecule has 0 N–H and O–H groups in total. The van der Waals surface area contributed by atoms with Gasteiger partial charge in [-0.3, -0.25) is 0 Å². The van der Waals surface area contributed by atoms with Gasteiger partial charge in [-0.15, -0.1) is 0 Å². The van der Waals surface area contributed by atoms with Crippen LogP contribution < -0.4 is 10.4 Å². The summed E-state index contributed by atoms with van der Waals surface area (Å²) in [7, 11) is 0. The highest BCUT2D eigenvalue weighted by Gasteiger charge is 2.46. The Balaban J connectivity index is 2.82. The van der Waals surface area contributed by atoms with Crippen LogP contribution in [-0.2, 0) is 24.7 Å². The molecule has 0 radical (unpaired) electrons. The predicted molar refractivity (Wildman–Crippen MR) is 143 cm³/mol. The number of nitriles is 8. The summed E-state index contributed by atoms with van der Waals surface area (Å²) in [4.78, 5) is 0. The molecular weight excluding hydrogens is 724 g/mol. The average molecular weight is 728 g/mol. The molecule has 8 nitrogen and oxygen atoms in total. The van der Waals surface area contributed by atoms with Crippen molar-refractivity contribution in [2.45, 2.75) is 24.7 Å². The smallest absolute Gasteiger partial charge is 0.192 e. The molecule has 0 aliphatic rings. The topological polar surface area (TPSA) is 190 Å². The van der Waals surface area contributed by atoms with Gasteiger partial charge in [0.1, 0.15) is 48.6 Å². The second-order valence-corrected chi connectivity index (χ2v) is 9.74. The number of alkyl halides is 12. The second kappa shape index (κ2) is 13.4. The molecule has 0 saturated carbocycles. The first-order valence-electron chi connectivity index (χ1n) is 12.9. The minimum atomic E-state index is -5.84. The van der Waals surface area contributed by atoms with Gasteiger partial charge in [0, 0.05) is 21.6 Å². The summed E-state index contributed by atoms with van der Waals surface area (Å²) >= 11 is 0. The molecule has 0 unspecified atom stereocenters. The van der Waals surface area contributed by atoms with E-state index in [1.54, 1.807) is 0 Å². The molecule has 20 heteroatoms. The quantitative estimate of drug-likeness (QED) is 0.269. The summed E-state index contributed by atoms with van der Waals surface area (Å²) in [6.45, 7) is 0. The van der Waals surface area contributed by atoms with Gasteiger partial charge in [-0.05, 0) is 12.1 Å². The molecule has 0 aliphatic carbocycles. The molecule has 0 bridgehead atoms. The van der Waals surface area contributed by atoms with Gasteiger partial charge >= 0.3 is 24.7 Å². The van der Waals surface area contributed by atoms with Crippen LogP contribution in [0.1, 0.15) is 66.8 Å². The first-order valence-corrected chi connectivity index (χ1v) is 12.9. The second-order valence-electron chi connectivity index (χ2n) is 9.74. The van der Waals surface area contributed by atoms with E-state index in [0.29, 0.717) is 24.3 Å². The molecule has 0 heterocycles. The SMILES string of the molecule is N#C/C(c1cc(C(F)(F)F)c(C#N)c(C(F)(F)F)c1C#N)=c1/cc/c(=C(/C#N)c2cc(C(F)(F)F)c(C#N)c(C(F)(F)F)c2C#N)c(C#N)c1C#N. The van der Waals surface area contributed by atoms with Crippen molar-refractivity contribution in [2.24, 2.45) is 0 Å². The van der Waals surface area contributed by atoms with Crippen molar-refractivity contribution in [3.8, 4) is 48.6 Å². The minimum absolute atomic E-state index is 0.188. The largest absolute Gasteiger partial charge is 0.419 e. The maximum atomic E-state index is 14.0. The third-order valence-electron chi connectivity index (χ3n) is 7.01. The number of benzene rings is 3. The lowest BCUT2D eigenvalue weighted by molar-refractivity contribution is -0.145. The van der Waals surface area contributed by atoms with Gasteiger partial charge in [0.15, 0.2) is 0 Å². The molecule has 0 aromatic heterocycles. The van der Waals surface area contributed by atoms with E-state index in [2.05, 4.69) is 0 Å². The van der Waals surface area contributed by atoms with Crippen LogP contribution in [0.5, 0.6) is 0 Å². The molecular formula is C32H4F12N8. The van der Waals surface area contributed by atoms with Gasteiger partial charge in [0.2, 0.25) is 0 Å².